The molecule has 0 aliphatic rings. The highest BCUT2D eigenvalue weighted by Gasteiger charge is 2.19. The third kappa shape index (κ3) is 3.30. The van der Waals surface area contributed by atoms with Crippen LogP contribution in [0.25, 0.3) is 0 Å². The first-order valence-electron chi connectivity index (χ1n) is 5.13. The minimum absolute atomic E-state index is 0.0968. The third-order valence-electron chi connectivity index (χ3n) is 2.35. The maximum atomic E-state index is 11.7. The highest BCUT2D eigenvalue weighted by atomic mass is 79.9. The van der Waals surface area contributed by atoms with E-state index in [2.05, 4.69) is 28.2 Å². The van der Waals surface area contributed by atoms with Gasteiger partial charge in [0.2, 0.25) is 5.91 Å². The average Bonchev–Trinajstić information content (AvgIpc) is 2.62. The molecule has 0 saturated carbocycles. The standard InChI is InChI=1S/C11H17BrN2OS/c1-7(10-9(12)5-6-16-10)13-8(2)11(15)14(3)4/h5-8,13H,1-4H3. The van der Waals surface area contributed by atoms with Crippen LogP contribution < -0.4 is 5.32 Å². The highest BCUT2D eigenvalue weighted by molar-refractivity contribution is 9.10. The van der Waals surface area contributed by atoms with Gasteiger partial charge in [-0.3, -0.25) is 10.1 Å². The summed E-state index contributed by atoms with van der Waals surface area (Å²) in [6.07, 6.45) is 0. The second-order valence-electron chi connectivity index (χ2n) is 3.98. The number of carbonyl (C=O) groups is 1. The van der Waals surface area contributed by atoms with Gasteiger partial charge in [-0.2, -0.15) is 0 Å². The fourth-order valence-electron chi connectivity index (χ4n) is 1.52. The van der Waals surface area contributed by atoms with Crippen LogP contribution in [0.3, 0.4) is 0 Å². The van der Waals surface area contributed by atoms with Crippen molar-refractivity contribution in [1.82, 2.24) is 10.2 Å². The molecule has 1 amide bonds. The predicted molar refractivity (Wildman–Crippen MR) is 71.7 cm³/mol. The first-order chi connectivity index (χ1) is 7.43. The molecule has 5 heteroatoms. The van der Waals surface area contributed by atoms with Crippen molar-refractivity contribution in [1.29, 1.82) is 0 Å². The van der Waals surface area contributed by atoms with E-state index in [-0.39, 0.29) is 18.0 Å². The summed E-state index contributed by atoms with van der Waals surface area (Å²) in [5.41, 5.74) is 0. The number of amides is 1. The van der Waals surface area contributed by atoms with E-state index in [1.54, 1.807) is 30.3 Å². The molecule has 1 aromatic rings. The van der Waals surface area contributed by atoms with Gasteiger partial charge in [-0.05, 0) is 41.2 Å². The zero-order chi connectivity index (χ0) is 12.3. The summed E-state index contributed by atoms with van der Waals surface area (Å²) >= 11 is 5.18. The summed E-state index contributed by atoms with van der Waals surface area (Å²) in [7, 11) is 3.54. The first-order valence-corrected chi connectivity index (χ1v) is 6.81. The van der Waals surface area contributed by atoms with E-state index in [4.69, 9.17) is 0 Å². The molecule has 0 radical (unpaired) electrons. The molecule has 1 aromatic heterocycles. The molecule has 0 aromatic carbocycles. The van der Waals surface area contributed by atoms with Crippen LogP contribution >= 0.6 is 27.3 Å². The second kappa shape index (κ2) is 5.80. The normalized spacial score (nSPS) is 14.6. The summed E-state index contributed by atoms with van der Waals surface area (Å²) in [6, 6.07) is 2.03. The lowest BCUT2D eigenvalue weighted by Crippen LogP contribution is -2.42. The van der Waals surface area contributed by atoms with E-state index in [0.717, 1.165) is 4.47 Å². The van der Waals surface area contributed by atoms with Crippen molar-refractivity contribution in [3.05, 3.63) is 20.8 Å². The molecule has 0 spiro atoms. The quantitative estimate of drug-likeness (QED) is 0.927. The maximum absolute atomic E-state index is 11.7. The Morgan fingerprint density at radius 2 is 2.12 bits per heavy atom. The number of nitrogens with zero attached hydrogens (tertiary/aromatic N) is 1. The molecular weight excluding hydrogens is 288 g/mol. The van der Waals surface area contributed by atoms with Crippen LogP contribution in [0.5, 0.6) is 0 Å². The van der Waals surface area contributed by atoms with Gasteiger partial charge in [0.1, 0.15) is 0 Å². The number of halogens is 1. The van der Waals surface area contributed by atoms with Gasteiger partial charge < -0.3 is 4.90 Å². The molecule has 0 aliphatic heterocycles. The number of thiophene rings is 1. The molecule has 90 valence electrons. The van der Waals surface area contributed by atoms with Crippen molar-refractivity contribution in [3.63, 3.8) is 0 Å². The fourth-order valence-corrected chi connectivity index (χ4v) is 3.26. The Labute approximate surface area is 109 Å². The van der Waals surface area contributed by atoms with Crippen molar-refractivity contribution >= 4 is 33.2 Å². The molecule has 0 bridgehead atoms. The lowest BCUT2D eigenvalue weighted by Gasteiger charge is -2.21. The van der Waals surface area contributed by atoms with Gasteiger partial charge >= 0.3 is 0 Å². The van der Waals surface area contributed by atoms with Gasteiger partial charge in [-0.15, -0.1) is 11.3 Å². The Balaban J connectivity index is 2.62. The summed E-state index contributed by atoms with van der Waals surface area (Å²) in [6.45, 7) is 3.95. The van der Waals surface area contributed by atoms with Crippen molar-refractivity contribution in [2.75, 3.05) is 14.1 Å². The molecule has 1 heterocycles. The minimum atomic E-state index is -0.168. The highest BCUT2D eigenvalue weighted by Crippen LogP contribution is 2.28. The molecule has 0 fully saturated rings. The van der Waals surface area contributed by atoms with E-state index < -0.39 is 0 Å². The zero-order valence-corrected chi connectivity index (χ0v) is 12.4. The Kier molecular flexibility index (Phi) is 4.95. The lowest BCUT2D eigenvalue weighted by molar-refractivity contribution is -0.130. The minimum Gasteiger partial charge on any atom is -0.347 e. The molecule has 1 N–H and O–H groups in total. The van der Waals surface area contributed by atoms with Crippen LogP contribution in [0.2, 0.25) is 0 Å². The lowest BCUT2D eigenvalue weighted by atomic mass is 10.2. The second-order valence-corrected chi connectivity index (χ2v) is 5.78. The van der Waals surface area contributed by atoms with E-state index in [0.29, 0.717) is 0 Å². The smallest absolute Gasteiger partial charge is 0.238 e. The molecule has 0 saturated heterocycles. The van der Waals surface area contributed by atoms with Crippen molar-refractivity contribution in [2.24, 2.45) is 0 Å². The van der Waals surface area contributed by atoms with Crippen LogP contribution in [0.15, 0.2) is 15.9 Å². The SMILES string of the molecule is CC(NC(C)c1sccc1Br)C(=O)N(C)C. The maximum Gasteiger partial charge on any atom is 0.238 e. The monoisotopic (exact) mass is 304 g/mol. The molecule has 16 heavy (non-hydrogen) atoms. The number of rotatable bonds is 4. The van der Waals surface area contributed by atoms with Gasteiger partial charge in [0.15, 0.2) is 0 Å². The molecule has 2 atom stereocenters. The van der Waals surface area contributed by atoms with Crippen LogP contribution in [0, 0.1) is 0 Å². The molecular formula is C11H17BrN2OS. The summed E-state index contributed by atoms with van der Waals surface area (Å²) in [5, 5.41) is 5.33. The number of nitrogens with one attached hydrogen (secondary N) is 1. The zero-order valence-electron chi connectivity index (χ0n) is 9.95. The number of hydrogen-bond acceptors (Lipinski definition) is 3. The number of hydrogen-bond donors (Lipinski definition) is 1. The van der Waals surface area contributed by atoms with Crippen LogP contribution in [0.4, 0.5) is 0 Å². The topological polar surface area (TPSA) is 32.3 Å². The van der Waals surface area contributed by atoms with Gasteiger partial charge in [-0.1, -0.05) is 0 Å². The predicted octanol–water partition coefficient (Wildman–Crippen LogP) is 2.64. The molecule has 3 nitrogen and oxygen atoms in total. The van der Waals surface area contributed by atoms with Crippen molar-refractivity contribution in [3.8, 4) is 0 Å². The fraction of sp³-hybridized carbons (Fsp3) is 0.545. The van der Waals surface area contributed by atoms with Crippen LogP contribution in [-0.4, -0.2) is 30.9 Å². The van der Waals surface area contributed by atoms with Crippen LogP contribution in [-0.2, 0) is 4.79 Å². The van der Waals surface area contributed by atoms with E-state index >= 15 is 0 Å². The first kappa shape index (κ1) is 13.7. The summed E-state index contributed by atoms with van der Waals surface area (Å²) < 4.78 is 1.10. The van der Waals surface area contributed by atoms with E-state index in [9.17, 15) is 4.79 Å². The average molecular weight is 305 g/mol. The van der Waals surface area contributed by atoms with E-state index in [1.807, 2.05) is 18.4 Å². The number of carbonyl (C=O) groups excluding carboxylic acids is 1. The van der Waals surface area contributed by atoms with Crippen LogP contribution in [0.1, 0.15) is 24.8 Å². The van der Waals surface area contributed by atoms with Crippen molar-refractivity contribution < 1.29 is 4.79 Å². The Morgan fingerprint density at radius 1 is 1.50 bits per heavy atom. The van der Waals surface area contributed by atoms with Crippen molar-refractivity contribution in [2.45, 2.75) is 25.9 Å². The Morgan fingerprint density at radius 3 is 2.56 bits per heavy atom. The molecule has 2 unspecified atom stereocenters. The molecule has 0 aliphatic carbocycles. The largest absolute Gasteiger partial charge is 0.347 e. The van der Waals surface area contributed by atoms with Gasteiger partial charge in [0.25, 0.3) is 0 Å². The number of likely N-dealkylation sites (N-methyl/N-ethyl adjacent to an activating group) is 1. The van der Waals surface area contributed by atoms with Gasteiger partial charge in [0.05, 0.1) is 6.04 Å². The Bertz CT molecular complexity index is 365. The van der Waals surface area contributed by atoms with Gasteiger partial charge in [-0.25, -0.2) is 0 Å². The summed E-state index contributed by atoms with van der Waals surface area (Å²) in [4.78, 5) is 14.5. The van der Waals surface area contributed by atoms with Gasteiger partial charge in [0, 0.05) is 29.5 Å². The Hall–Kier alpha value is -0.390. The summed E-state index contributed by atoms with van der Waals surface area (Å²) in [5.74, 6) is 0.0968. The van der Waals surface area contributed by atoms with E-state index in [1.165, 1.54) is 4.88 Å². The molecule has 1 rings (SSSR count). The third-order valence-corrected chi connectivity index (χ3v) is 4.40.